The van der Waals surface area contributed by atoms with Crippen LogP contribution < -0.4 is 10.6 Å². The first-order valence-electron chi connectivity index (χ1n) is 10.1. The Morgan fingerprint density at radius 1 is 1.03 bits per heavy atom. The van der Waals surface area contributed by atoms with Crippen molar-refractivity contribution < 1.29 is 9.59 Å². The van der Waals surface area contributed by atoms with Crippen LogP contribution in [0.15, 0.2) is 60.1 Å². The zero-order chi connectivity index (χ0) is 20.9. The number of hydrogen-bond donors (Lipinski definition) is 2. The second kappa shape index (κ2) is 9.28. The number of aryl methyl sites for hydroxylation is 1. The Balaban J connectivity index is 1.42. The van der Waals surface area contributed by atoms with E-state index in [0.717, 1.165) is 30.1 Å². The van der Waals surface area contributed by atoms with Gasteiger partial charge in [-0.15, -0.1) is 11.3 Å². The van der Waals surface area contributed by atoms with Gasteiger partial charge in [-0.25, -0.2) is 0 Å². The summed E-state index contributed by atoms with van der Waals surface area (Å²) in [4.78, 5) is 28.0. The summed E-state index contributed by atoms with van der Waals surface area (Å²) in [7, 11) is 2.01. The number of rotatable bonds is 6. The fourth-order valence-electron chi connectivity index (χ4n) is 3.96. The molecule has 2 N–H and O–H groups in total. The maximum atomic E-state index is 12.4. The Morgan fingerprint density at radius 2 is 1.83 bits per heavy atom. The van der Waals surface area contributed by atoms with E-state index < -0.39 is 11.8 Å². The van der Waals surface area contributed by atoms with Gasteiger partial charge in [-0.05, 0) is 41.1 Å². The fraction of sp³-hybridized carbons (Fsp3) is 0.304. The number of aromatic nitrogens is 1. The van der Waals surface area contributed by atoms with Crippen molar-refractivity contribution in [2.45, 2.75) is 25.6 Å². The molecule has 0 bridgehead atoms. The molecule has 30 heavy (non-hydrogen) atoms. The van der Waals surface area contributed by atoms with E-state index in [0.29, 0.717) is 13.1 Å². The van der Waals surface area contributed by atoms with Crippen LogP contribution in [0.25, 0.3) is 0 Å². The summed E-state index contributed by atoms with van der Waals surface area (Å²) in [6.45, 7) is 2.49. The van der Waals surface area contributed by atoms with Crippen molar-refractivity contribution >= 4 is 23.2 Å². The van der Waals surface area contributed by atoms with E-state index in [1.54, 1.807) is 11.3 Å². The molecule has 0 unspecified atom stereocenters. The number of hydrogen-bond acceptors (Lipinski definition) is 4. The Kier molecular flexibility index (Phi) is 6.30. The van der Waals surface area contributed by atoms with E-state index in [1.807, 2.05) is 36.8 Å². The van der Waals surface area contributed by atoms with E-state index in [9.17, 15) is 9.59 Å². The number of fused-ring (bicyclic) bond motifs is 1. The maximum Gasteiger partial charge on any atom is 0.309 e. The molecule has 3 aromatic rings. The first-order chi connectivity index (χ1) is 14.6. The molecule has 0 saturated carbocycles. The molecule has 1 aromatic carbocycles. The van der Waals surface area contributed by atoms with E-state index in [2.05, 4.69) is 50.4 Å². The lowest BCUT2D eigenvalue weighted by Crippen LogP contribution is -2.45. The van der Waals surface area contributed by atoms with Crippen molar-refractivity contribution in [1.29, 1.82) is 0 Å². The average Bonchev–Trinajstić information content (AvgIpc) is 3.44. The largest absolute Gasteiger partial charge is 0.353 e. The Hall–Kier alpha value is -2.90. The Labute approximate surface area is 180 Å². The summed E-state index contributed by atoms with van der Waals surface area (Å²) in [5.74, 6) is -1.19. The van der Waals surface area contributed by atoms with Crippen LogP contribution in [0.2, 0.25) is 0 Å². The number of nitrogens with one attached hydrogen (secondary N) is 2. The second-order valence-corrected chi connectivity index (χ2v) is 8.55. The highest BCUT2D eigenvalue weighted by Gasteiger charge is 2.27. The van der Waals surface area contributed by atoms with Crippen LogP contribution in [0.5, 0.6) is 0 Å². The van der Waals surface area contributed by atoms with Crippen molar-refractivity contribution in [2.24, 2.45) is 7.05 Å². The number of thiophene rings is 1. The summed E-state index contributed by atoms with van der Waals surface area (Å²) in [5, 5.41) is 7.48. The molecule has 6 nitrogen and oxygen atoms in total. The molecule has 2 aromatic heterocycles. The number of amides is 2. The van der Waals surface area contributed by atoms with Gasteiger partial charge in [0.25, 0.3) is 0 Å². The average molecular weight is 423 g/mol. The predicted octanol–water partition coefficient (Wildman–Crippen LogP) is 2.62. The van der Waals surface area contributed by atoms with Crippen molar-refractivity contribution in [3.8, 4) is 0 Å². The minimum absolute atomic E-state index is 0.00704. The summed E-state index contributed by atoms with van der Waals surface area (Å²) in [6.07, 6.45) is 2.99. The molecule has 0 spiro atoms. The van der Waals surface area contributed by atoms with Gasteiger partial charge in [0.15, 0.2) is 0 Å². The number of carbonyl (C=O) groups is 2. The lowest BCUT2D eigenvalue weighted by atomic mass is 9.98. The molecule has 1 aliphatic heterocycles. The molecule has 2 amide bonds. The van der Waals surface area contributed by atoms with E-state index in [4.69, 9.17) is 0 Å². The van der Waals surface area contributed by atoms with Crippen molar-refractivity contribution in [1.82, 2.24) is 20.1 Å². The molecule has 4 rings (SSSR count). The quantitative estimate of drug-likeness (QED) is 0.600. The number of benzene rings is 1. The number of carbonyl (C=O) groups excluding carboxylic acids is 2. The van der Waals surface area contributed by atoms with Crippen LogP contribution in [-0.2, 0) is 36.1 Å². The molecule has 0 radical (unpaired) electrons. The minimum atomic E-state index is -0.599. The molecule has 156 valence electrons. The molecular weight excluding hydrogens is 396 g/mol. The third-order valence-corrected chi connectivity index (χ3v) is 6.47. The lowest BCUT2D eigenvalue weighted by Gasteiger charge is -2.36. The van der Waals surface area contributed by atoms with E-state index in [1.165, 1.54) is 11.1 Å². The SMILES string of the molecule is Cn1cccc1[C@H](CNC(=O)C(=O)NCc1cccs1)N1CCc2ccccc2C1. The van der Waals surface area contributed by atoms with Crippen LogP contribution in [0.3, 0.4) is 0 Å². The topological polar surface area (TPSA) is 66.4 Å². The summed E-state index contributed by atoms with van der Waals surface area (Å²) < 4.78 is 2.08. The molecular formula is C23H26N4O2S. The van der Waals surface area contributed by atoms with Gasteiger partial charge in [0.1, 0.15) is 0 Å². The van der Waals surface area contributed by atoms with Gasteiger partial charge < -0.3 is 15.2 Å². The van der Waals surface area contributed by atoms with Gasteiger partial charge in [0.05, 0.1) is 12.6 Å². The fourth-order valence-corrected chi connectivity index (χ4v) is 4.60. The first kappa shape index (κ1) is 20.4. The van der Waals surface area contributed by atoms with E-state index >= 15 is 0 Å². The third-order valence-electron chi connectivity index (χ3n) is 5.59. The van der Waals surface area contributed by atoms with Crippen molar-refractivity contribution in [2.75, 3.05) is 13.1 Å². The molecule has 3 heterocycles. The zero-order valence-electron chi connectivity index (χ0n) is 17.0. The molecule has 0 fully saturated rings. The van der Waals surface area contributed by atoms with Gasteiger partial charge >= 0.3 is 11.8 Å². The van der Waals surface area contributed by atoms with Gasteiger partial charge in [0, 0.05) is 43.4 Å². The van der Waals surface area contributed by atoms with Gasteiger partial charge in [-0.3, -0.25) is 14.5 Å². The van der Waals surface area contributed by atoms with Gasteiger partial charge in [-0.2, -0.15) is 0 Å². The summed E-state index contributed by atoms with van der Waals surface area (Å²) >= 11 is 1.55. The predicted molar refractivity (Wildman–Crippen MR) is 118 cm³/mol. The van der Waals surface area contributed by atoms with Gasteiger partial charge in [-0.1, -0.05) is 30.3 Å². The maximum absolute atomic E-state index is 12.4. The van der Waals surface area contributed by atoms with Crippen LogP contribution in [-0.4, -0.2) is 34.4 Å². The standard InChI is InChI=1S/C23H26N4O2S/c1-26-11-4-9-20(26)21(27-12-10-17-6-2-3-7-18(17)16-27)15-25-23(29)22(28)24-14-19-8-5-13-30-19/h2-9,11,13,21H,10,12,14-16H2,1H3,(H,24,28)(H,25,29)/t21-/m0/s1. The lowest BCUT2D eigenvalue weighted by molar-refractivity contribution is -0.139. The van der Waals surface area contributed by atoms with Crippen molar-refractivity contribution in [3.63, 3.8) is 0 Å². The zero-order valence-corrected chi connectivity index (χ0v) is 17.8. The summed E-state index contributed by atoms with van der Waals surface area (Å²) in [6, 6.07) is 16.4. The normalized spacial score (nSPS) is 14.7. The molecule has 0 aliphatic carbocycles. The Morgan fingerprint density at radius 3 is 2.57 bits per heavy atom. The van der Waals surface area contributed by atoms with E-state index in [-0.39, 0.29) is 6.04 Å². The first-order valence-corrected chi connectivity index (χ1v) is 11.0. The Bertz CT molecular complexity index is 1010. The molecule has 7 heteroatoms. The molecule has 1 atom stereocenters. The third kappa shape index (κ3) is 4.63. The van der Waals surface area contributed by atoms with Gasteiger partial charge in [0.2, 0.25) is 0 Å². The van der Waals surface area contributed by atoms with Crippen LogP contribution in [0.4, 0.5) is 0 Å². The molecule has 1 aliphatic rings. The number of nitrogens with zero attached hydrogens (tertiary/aromatic N) is 2. The second-order valence-electron chi connectivity index (χ2n) is 7.52. The highest BCUT2D eigenvalue weighted by atomic mass is 32.1. The van der Waals surface area contributed by atoms with Crippen molar-refractivity contribution in [3.05, 3.63) is 81.8 Å². The smallest absolute Gasteiger partial charge is 0.309 e. The monoisotopic (exact) mass is 422 g/mol. The summed E-state index contributed by atoms with van der Waals surface area (Å²) in [5.41, 5.74) is 3.83. The van der Waals surface area contributed by atoms with Crippen LogP contribution in [0, 0.1) is 0 Å². The minimum Gasteiger partial charge on any atom is -0.353 e. The van der Waals surface area contributed by atoms with Crippen LogP contribution >= 0.6 is 11.3 Å². The highest BCUT2D eigenvalue weighted by molar-refractivity contribution is 7.09. The van der Waals surface area contributed by atoms with Crippen LogP contribution in [0.1, 0.15) is 27.7 Å². The molecule has 0 saturated heterocycles. The highest BCUT2D eigenvalue weighted by Crippen LogP contribution is 2.27.